The van der Waals surface area contributed by atoms with Gasteiger partial charge in [-0.1, -0.05) is 11.4 Å². The van der Waals surface area contributed by atoms with Crippen molar-refractivity contribution >= 4 is 28.3 Å². The molecule has 0 saturated carbocycles. The van der Waals surface area contributed by atoms with Crippen molar-refractivity contribution in [1.29, 1.82) is 0 Å². The van der Waals surface area contributed by atoms with E-state index in [1.54, 1.807) is 6.92 Å². The molecular formula is C8H10N4O2S. The van der Waals surface area contributed by atoms with Crippen LogP contribution in [0.4, 0.5) is 5.00 Å². The zero-order valence-corrected chi connectivity index (χ0v) is 8.95. The van der Waals surface area contributed by atoms with Crippen molar-refractivity contribution < 1.29 is 9.59 Å². The molecule has 6 nitrogen and oxygen atoms in total. The minimum atomic E-state index is -0.231. The summed E-state index contributed by atoms with van der Waals surface area (Å²) in [4.78, 5) is 24.2. The number of likely N-dealkylation sites (tertiary alicyclic amines) is 1. The number of hydrogen-bond donors (Lipinski definition) is 1. The predicted octanol–water partition coefficient (Wildman–Crippen LogP) is 0.0153. The number of nitrogens with two attached hydrogens (primary N) is 1. The molecule has 1 aliphatic heterocycles. The zero-order valence-electron chi connectivity index (χ0n) is 8.14. The highest BCUT2D eigenvalue weighted by molar-refractivity contribution is 7.09. The lowest BCUT2D eigenvalue weighted by atomic mass is 10.1. The van der Waals surface area contributed by atoms with Crippen LogP contribution in [0.25, 0.3) is 0 Å². The van der Waals surface area contributed by atoms with E-state index in [9.17, 15) is 9.59 Å². The van der Waals surface area contributed by atoms with E-state index in [0.29, 0.717) is 10.7 Å². The van der Waals surface area contributed by atoms with Crippen molar-refractivity contribution in [3.05, 3.63) is 5.69 Å². The molecule has 1 aromatic rings. The normalized spacial score (nSPS) is 21.4. The van der Waals surface area contributed by atoms with Gasteiger partial charge in [0, 0.05) is 23.9 Å². The fourth-order valence-corrected chi connectivity index (χ4v) is 1.93. The Labute approximate surface area is 90.2 Å². The Morgan fingerprint density at radius 3 is 2.80 bits per heavy atom. The van der Waals surface area contributed by atoms with E-state index >= 15 is 0 Å². The molecule has 1 atom stereocenters. The number of imide groups is 1. The van der Waals surface area contributed by atoms with Crippen molar-refractivity contribution in [2.24, 2.45) is 5.92 Å². The third kappa shape index (κ3) is 1.70. The molecule has 15 heavy (non-hydrogen) atoms. The number of anilines is 1. The molecule has 0 spiro atoms. The van der Waals surface area contributed by atoms with E-state index in [-0.39, 0.29) is 30.7 Å². The first-order valence-electron chi connectivity index (χ1n) is 4.50. The number of nitrogens with zero attached hydrogens (tertiary/aromatic N) is 3. The maximum Gasteiger partial charge on any atom is 0.232 e. The van der Waals surface area contributed by atoms with Crippen LogP contribution in [0.5, 0.6) is 0 Å². The van der Waals surface area contributed by atoms with Gasteiger partial charge in [-0.2, -0.15) is 0 Å². The van der Waals surface area contributed by atoms with Gasteiger partial charge in [0.25, 0.3) is 0 Å². The van der Waals surface area contributed by atoms with Crippen molar-refractivity contribution in [3.63, 3.8) is 0 Å². The Bertz CT molecular complexity index is 417. The zero-order chi connectivity index (χ0) is 11.0. The van der Waals surface area contributed by atoms with Crippen LogP contribution in [0.1, 0.15) is 19.0 Å². The van der Waals surface area contributed by atoms with E-state index in [0.717, 1.165) is 11.5 Å². The number of carbonyl (C=O) groups excluding carboxylic acids is 2. The van der Waals surface area contributed by atoms with Crippen LogP contribution >= 0.6 is 11.5 Å². The number of nitrogen functional groups attached to an aromatic ring is 1. The summed E-state index contributed by atoms with van der Waals surface area (Å²) in [6, 6.07) is 0. The van der Waals surface area contributed by atoms with Gasteiger partial charge in [-0.05, 0) is 0 Å². The van der Waals surface area contributed by atoms with E-state index in [1.165, 1.54) is 4.90 Å². The SMILES string of the molecule is CC1CC(=O)N(Cc2nnsc2N)C1=O. The van der Waals surface area contributed by atoms with Crippen LogP contribution in [0, 0.1) is 5.92 Å². The van der Waals surface area contributed by atoms with Crippen molar-refractivity contribution in [3.8, 4) is 0 Å². The fourth-order valence-electron chi connectivity index (χ4n) is 1.49. The van der Waals surface area contributed by atoms with Gasteiger partial charge in [-0.3, -0.25) is 14.5 Å². The Hall–Kier alpha value is -1.50. The minimum absolute atomic E-state index is 0.143. The quantitative estimate of drug-likeness (QED) is 0.718. The maximum absolute atomic E-state index is 11.6. The second-order valence-electron chi connectivity index (χ2n) is 3.51. The standard InChI is InChI=1S/C8H10N4O2S/c1-4-2-6(13)12(8(4)14)3-5-7(9)15-11-10-5/h4H,2-3,9H2,1H3. The molecule has 2 N–H and O–H groups in total. The molecular weight excluding hydrogens is 216 g/mol. The highest BCUT2D eigenvalue weighted by atomic mass is 32.1. The first-order valence-corrected chi connectivity index (χ1v) is 5.28. The first kappa shape index (κ1) is 10.0. The topological polar surface area (TPSA) is 89.2 Å². The van der Waals surface area contributed by atoms with E-state index in [2.05, 4.69) is 9.59 Å². The molecule has 2 heterocycles. The Morgan fingerprint density at radius 2 is 2.33 bits per heavy atom. The van der Waals surface area contributed by atoms with Gasteiger partial charge in [0.2, 0.25) is 11.8 Å². The minimum Gasteiger partial charge on any atom is -0.388 e. The number of amides is 2. The van der Waals surface area contributed by atoms with E-state index in [1.807, 2.05) is 0 Å². The van der Waals surface area contributed by atoms with Crippen LogP contribution < -0.4 is 5.73 Å². The summed E-state index contributed by atoms with van der Waals surface area (Å²) < 4.78 is 3.65. The fraction of sp³-hybridized carbons (Fsp3) is 0.500. The molecule has 1 saturated heterocycles. The Morgan fingerprint density at radius 1 is 1.60 bits per heavy atom. The molecule has 0 aromatic carbocycles. The average Bonchev–Trinajstić information content (AvgIpc) is 2.67. The summed E-state index contributed by atoms with van der Waals surface area (Å²) in [6.45, 7) is 1.88. The average molecular weight is 226 g/mol. The van der Waals surface area contributed by atoms with Gasteiger partial charge in [0.05, 0.1) is 6.54 Å². The number of carbonyl (C=O) groups is 2. The largest absolute Gasteiger partial charge is 0.388 e. The summed E-state index contributed by atoms with van der Waals surface area (Å²) in [6.07, 6.45) is 0.274. The van der Waals surface area contributed by atoms with Gasteiger partial charge >= 0.3 is 0 Å². The molecule has 1 aliphatic rings. The summed E-state index contributed by atoms with van der Waals surface area (Å²) in [5.74, 6) is -0.558. The highest BCUT2D eigenvalue weighted by Crippen LogP contribution is 2.23. The van der Waals surface area contributed by atoms with E-state index < -0.39 is 0 Å². The third-order valence-corrected chi connectivity index (χ3v) is 2.96. The molecule has 2 rings (SSSR count). The van der Waals surface area contributed by atoms with Gasteiger partial charge in [0.15, 0.2) is 0 Å². The Kier molecular flexibility index (Phi) is 2.39. The first-order chi connectivity index (χ1) is 7.09. The summed E-state index contributed by atoms with van der Waals surface area (Å²) in [7, 11) is 0. The number of aromatic nitrogens is 2. The molecule has 1 unspecified atom stereocenters. The monoisotopic (exact) mass is 226 g/mol. The second-order valence-corrected chi connectivity index (χ2v) is 4.29. The van der Waals surface area contributed by atoms with Crippen LogP contribution in [0.2, 0.25) is 0 Å². The molecule has 80 valence electrons. The molecule has 1 fully saturated rings. The summed E-state index contributed by atoms with van der Waals surface area (Å²) in [5.41, 5.74) is 6.08. The Balaban J connectivity index is 2.16. The highest BCUT2D eigenvalue weighted by Gasteiger charge is 2.36. The summed E-state index contributed by atoms with van der Waals surface area (Å²) in [5, 5.41) is 4.22. The smallest absolute Gasteiger partial charge is 0.232 e. The summed E-state index contributed by atoms with van der Waals surface area (Å²) >= 11 is 1.06. The predicted molar refractivity (Wildman–Crippen MR) is 53.7 cm³/mol. The molecule has 7 heteroatoms. The van der Waals surface area contributed by atoms with Crippen molar-refractivity contribution in [1.82, 2.24) is 14.5 Å². The lowest BCUT2D eigenvalue weighted by Gasteiger charge is -2.12. The van der Waals surface area contributed by atoms with Crippen LogP contribution in [0.3, 0.4) is 0 Å². The number of hydrogen-bond acceptors (Lipinski definition) is 6. The van der Waals surface area contributed by atoms with E-state index in [4.69, 9.17) is 5.73 Å². The van der Waals surface area contributed by atoms with Crippen LogP contribution in [-0.4, -0.2) is 26.3 Å². The van der Waals surface area contributed by atoms with Crippen LogP contribution in [-0.2, 0) is 16.1 Å². The van der Waals surface area contributed by atoms with Gasteiger partial charge < -0.3 is 5.73 Å². The van der Waals surface area contributed by atoms with Gasteiger partial charge in [-0.15, -0.1) is 5.10 Å². The van der Waals surface area contributed by atoms with Gasteiger partial charge in [-0.25, -0.2) is 0 Å². The lowest BCUT2D eigenvalue weighted by Crippen LogP contribution is -2.30. The molecule has 1 aromatic heterocycles. The second kappa shape index (κ2) is 3.58. The third-order valence-electron chi connectivity index (χ3n) is 2.36. The molecule has 2 amide bonds. The van der Waals surface area contributed by atoms with Crippen molar-refractivity contribution in [2.45, 2.75) is 19.9 Å². The van der Waals surface area contributed by atoms with Crippen molar-refractivity contribution in [2.75, 3.05) is 5.73 Å². The maximum atomic E-state index is 11.6. The van der Waals surface area contributed by atoms with Gasteiger partial charge in [0.1, 0.15) is 10.7 Å². The molecule has 0 radical (unpaired) electrons. The molecule has 0 aliphatic carbocycles. The van der Waals surface area contributed by atoms with Crippen LogP contribution in [0.15, 0.2) is 0 Å². The number of rotatable bonds is 2. The lowest BCUT2D eigenvalue weighted by molar-refractivity contribution is -0.139. The molecule has 0 bridgehead atoms.